The van der Waals surface area contributed by atoms with Gasteiger partial charge in [0.05, 0.1) is 24.2 Å². The third-order valence-corrected chi connectivity index (χ3v) is 7.88. The molecule has 2 aliphatic heterocycles. The number of aromatic nitrogens is 1. The summed E-state index contributed by atoms with van der Waals surface area (Å²) < 4.78 is 33.0. The zero-order valence-electron chi connectivity index (χ0n) is 15.5. The Labute approximate surface area is 165 Å². The fourth-order valence-electron chi connectivity index (χ4n) is 4.56. The largest absolute Gasteiger partial charge is 0.379 e. The molecular formula is C21H23N3O3S. The van der Waals surface area contributed by atoms with Gasteiger partial charge in [-0.05, 0) is 47.7 Å². The van der Waals surface area contributed by atoms with E-state index in [1.807, 2.05) is 24.4 Å². The van der Waals surface area contributed by atoms with E-state index < -0.39 is 10.0 Å². The number of hydrogen-bond acceptors (Lipinski definition) is 5. The molecule has 1 N–H and O–H groups in total. The number of rotatable bonds is 3. The van der Waals surface area contributed by atoms with Gasteiger partial charge in [-0.25, -0.2) is 8.42 Å². The van der Waals surface area contributed by atoms with Crippen LogP contribution in [0.4, 0.5) is 5.69 Å². The van der Waals surface area contributed by atoms with E-state index in [1.165, 1.54) is 4.31 Å². The molecule has 0 amide bonds. The van der Waals surface area contributed by atoms with Crippen molar-refractivity contribution >= 4 is 15.7 Å². The van der Waals surface area contributed by atoms with Crippen LogP contribution in [0, 0.1) is 5.92 Å². The van der Waals surface area contributed by atoms with Gasteiger partial charge in [-0.15, -0.1) is 0 Å². The Morgan fingerprint density at radius 1 is 1.18 bits per heavy atom. The Morgan fingerprint density at radius 3 is 2.82 bits per heavy atom. The molecule has 1 saturated heterocycles. The van der Waals surface area contributed by atoms with Gasteiger partial charge in [-0.1, -0.05) is 18.2 Å². The minimum atomic E-state index is -3.50. The number of allylic oxidation sites excluding steroid dienone is 2. The zero-order chi connectivity index (χ0) is 19.1. The maximum Gasteiger partial charge on any atom is 0.243 e. The SMILES string of the molecule is O=S(=O)(c1ccc2c(c1)C1C=CCC1C(c1cccnc1)N2)N1CCOCC1. The molecule has 1 aromatic heterocycles. The van der Waals surface area contributed by atoms with Gasteiger partial charge in [-0.3, -0.25) is 4.98 Å². The van der Waals surface area contributed by atoms with E-state index in [4.69, 9.17) is 4.74 Å². The van der Waals surface area contributed by atoms with Crippen LogP contribution in [-0.2, 0) is 14.8 Å². The highest BCUT2D eigenvalue weighted by atomic mass is 32.2. The molecule has 7 heteroatoms. The molecule has 0 spiro atoms. The number of sulfonamides is 1. The number of benzene rings is 1. The molecule has 1 aliphatic carbocycles. The Balaban J connectivity index is 1.52. The number of nitrogens with one attached hydrogen (secondary N) is 1. The average molecular weight is 398 g/mol. The van der Waals surface area contributed by atoms with Crippen molar-refractivity contribution in [3.8, 4) is 0 Å². The number of pyridine rings is 1. The van der Waals surface area contributed by atoms with Crippen molar-refractivity contribution in [2.45, 2.75) is 23.3 Å². The second-order valence-electron chi connectivity index (χ2n) is 7.53. The zero-order valence-corrected chi connectivity index (χ0v) is 16.3. The van der Waals surface area contributed by atoms with Gasteiger partial charge in [-0.2, -0.15) is 4.31 Å². The maximum absolute atomic E-state index is 13.1. The van der Waals surface area contributed by atoms with Crippen LogP contribution in [0.2, 0.25) is 0 Å². The summed E-state index contributed by atoms with van der Waals surface area (Å²) in [6, 6.07) is 9.72. The number of morpholine rings is 1. The van der Waals surface area contributed by atoms with Crippen molar-refractivity contribution in [2.24, 2.45) is 5.92 Å². The highest BCUT2D eigenvalue weighted by Crippen LogP contribution is 2.50. The number of nitrogens with zero attached hydrogens (tertiary/aromatic N) is 2. The molecule has 3 heterocycles. The van der Waals surface area contributed by atoms with Crippen molar-refractivity contribution in [2.75, 3.05) is 31.6 Å². The van der Waals surface area contributed by atoms with Gasteiger partial charge in [0.15, 0.2) is 0 Å². The molecular weight excluding hydrogens is 374 g/mol. The molecule has 3 unspecified atom stereocenters. The summed E-state index contributed by atoms with van der Waals surface area (Å²) in [6.07, 6.45) is 9.09. The van der Waals surface area contributed by atoms with Crippen LogP contribution in [0.3, 0.4) is 0 Å². The van der Waals surface area contributed by atoms with Gasteiger partial charge in [0.25, 0.3) is 0 Å². The fourth-order valence-corrected chi connectivity index (χ4v) is 6.00. The molecule has 5 rings (SSSR count). The number of fused-ring (bicyclic) bond motifs is 3. The molecule has 0 radical (unpaired) electrons. The third-order valence-electron chi connectivity index (χ3n) is 5.99. The first-order valence-corrected chi connectivity index (χ1v) is 11.1. The lowest BCUT2D eigenvalue weighted by Crippen LogP contribution is -2.40. The Morgan fingerprint density at radius 2 is 2.04 bits per heavy atom. The van der Waals surface area contributed by atoms with E-state index in [2.05, 4.69) is 28.5 Å². The number of anilines is 1. The van der Waals surface area contributed by atoms with Crippen molar-refractivity contribution < 1.29 is 13.2 Å². The maximum atomic E-state index is 13.1. The number of ether oxygens (including phenoxy) is 1. The van der Waals surface area contributed by atoms with Crippen LogP contribution in [0.15, 0.2) is 59.8 Å². The second-order valence-corrected chi connectivity index (χ2v) is 9.47. The molecule has 0 bridgehead atoms. The quantitative estimate of drug-likeness (QED) is 0.807. The van der Waals surface area contributed by atoms with Gasteiger partial charge < -0.3 is 10.1 Å². The molecule has 146 valence electrons. The normalized spacial score (nSPS) is 27.1. The minimum Gasteiger partial charge on any atom is -0.379 e. The highest BCUT2D eigenvalue weighted by molar-refractivity contribution is 7.89. The lowest BCUT2D eigenvalue weighted by molar-refractivity contribution is 0.0730. The van der Waals surface area contributed by atoms with Crippen LogP contribution in [0.25, 0.3) is 0 Å². The van der Waals surface area contributed by atoms with Crippen LogP contribution in [0.1, 0.15) is 29.5 Å². The lowest BCUT2D eigenvalue weighted by atomic mass is 9.77. The minimum absolute atomic E-state index is 0.169. The summed E-state index contributed by atoms with van der Waals surface area (Å²) in [7, 11) is -3.50. The van der Waals surface area contributed by atoms with Gasteiger partial charge in [0, 0.05) is 37.1 Å². The Kier molecular flexibility index (Phi) is 4.45. The van der Waals surface area contributed by atoms with Crippen molar-refractivity contribution in [1.82, 2.24) is 9.29 Å². The van der Waals surface area contributed by atoms with Gasteiger partial charge >= 0.3 is 0 Å². The van der Waals surface area contributed by atoms with E-state index in [-0.39, 0.29) is 12.0 Å². The Bertz CT molecular complexity index is 1000. The fraction of sp³-hybridized carbons (Fsp3) is 0.381. The predicted octanol–water partition coefficient (Wildman–Crippen LogP) is 2.93. The summed E-state index contributed by atoms with van der Waals surface area (Å²) in [4.78, 5) is 4.64. The summed E-state index contributed by atoms with van der Waals surface area (Å²) in [6.45, 7) is 1.72. The van der Waals surface area contributed by atoms with E-state index in [9.17, 15) is 8.42 Å². The van der Waals surface area contributed by atoms with Crippen molar-refractivity contribution in [3.63, 3.8) is 0 Å². The highest BCUT2D eigenvalue weighted by Gasteiger charge is 2.39. The first-order chi connectivity index (χ1) is 13.6. The first kappa shape index (κ1) is 17.8. The predicted molar refractivity (Wildman–Crippen MR) is 107 cm³/mol. The molecule has 28 heavy (non-hydrogen) atoms. The second kappa shape index (κ2) is 6.99. The van der Waals surface area contributed by atoms with Crippen LogP contribution < -0.4 is 5.32 Å². The van der Waals surface area contributed by atoms with Crippen LogP contribution in [-0.4, -0.2) is 44.0 Å². The smallest absolute Gasteiger partial charge is 0.243 e. The van der Waals surface area contributed by atoms with Gasteiger partial charge in [0.2, 0.25) is 10.0 Å². The van der Waals surface area contributed by atoms with Crippen LogP contribution >= 0.6 is 0 Å². The van der Waals surface area contributed by atoms with Gasteiger partial charge in [0.1, 0.15) is 0 Å². The molecule has 0 saturated carbocycles. The Hall–Kier alpha value is -2.22. The van der Waals surface area contributed by atoms with E-state index in [0.717, 1.165) is 23.2 Å². The molecule has 2 aromatic rings. The summed E-state index contributed by atoms with van der Waals surface area (Å²) in [5, 5.41) is 3.63. The molecule has 1 aromatic carbocycles. The summed E-state index contributed by atoms with van der Waals surface area (Å²) >= 11 is 0. The first-order valence-electron chi connectivity index (χ1n) is 9.69. The lowest BCUT2D eigenvalue weighted by Gasteiger charge is -2.37. The topological polar surface area (TPSA) is 71.5 Å². The number of hydrogen-bond donors (Lipinski definition) is 1. The summed E-state index contributed by atoms with van der Waals surface area (Å²) in [5.41, 5.74) is 3.23. The molecule has 1 fully saturated rings. The monoisotopic (exact) mass is 397 g/mol. The van der Waals surface area contributed by atoms with Crippen molar-refractivity contribution in [3.05, 3.63) is 66.0 Å². The standard InChI is InChI=1S/C21H23N3O3S/c25-28(26,24-9-11-27-12-10-24)16-6-7-20-19(13-16)17-4-1-5-18(17)21(23-20)15-3-2-8-22-14-15/h1-4,6-8,13-14,17-18,21,23H,5,9-12H2. The van der Waals surface area contributed by atoms with E-state index >= 15 is 0 Å². The molecule has 6 nitrogen and oxygen atoms in total. The molecule has 3 atom stereocenters. The van der Waals surface area contributed by atoms with Crippen molar-refractivity contribution in [1.29, 1.82) is 0 Å². The third kappa shape index (κ3) is 2.94. The van der Waals surface area contributed by atoms with E-state index in [0.29, 0.717) is 37.1 Å². The average Bonchev–Trinajstić information content (AvgIpc) is 3.24. The summed E-state index contributed by atoms with van der Waals surface area (Å²) in [5.74, 6) is 0.569. The molecule has 3 aliphatic rings. The van der Waals surface area contributed by atoms with E-state index in [1.54, 1.807) is 12.3 Å². The van der Waals surface area contributed by atoms with Crippen LogP contribution in [0.5, 0.6) is 0 Å².